The number of allylic oxidation sites excluding steroid dienone is 28. The average Bonchev–Trinajstić information content (AvgIpc) is 3.34. The van der Waals surface area contributed by atoms with Crippen molar-refractivity contribution in [1.29, 1.82) is 0 Å². The van der Waals surface area contributed by atoms with Crippen molar-refractivity contribution in [3.05, 3.63) is 170 Å². The zero-order valence-electron chi connectivity index (χ0n) is 42.8. The molecular weight excluding hydrogens is 841 g/mol. The van der Waals surface area contributed by atoms with Crippen LogP contribution >= 0.6 is 0 Å². The van der Waals surface area contributed by atoms with Crippen LogP contribution < -0.4 is 0 Å². The fourth-order valence-electron chi connectivity index (χ4n) is 6.24. The lowest BCUT2D eigenvalue weighted by Gasteiger charge is -2.18. The Balaban J connectivity index is 4.62. The van der Waals surface area contributed by atoms with E-state index in [9.17, 15) is 14.4 Å². The van der Waals surface area contributed by atoms with Crippen LogP contribution in [0, 0.1) is 0 Å². The average molecular weight is 933 g/mol. The summed E-state index contributed by atoms with van der Waals surface area (Å²) >= 11 is 0. The van der Waals surface area contributed by atoms with Crippen LogP contribution in [0.1, 0.15) is 181 Å². The van der Waals surface area contributed by atoms with E-state index in [-0.39, 0.29) is 44.0 Å². The lowest BCUT2D eigenvalue weighted by atomic mass is 10.1. The minimum absolute atomic E-state index is 0.132. The van der Waals surface area contributed by atoms with Gasteiger partial charge in [-0.2, -0.15) is 0 Å². The number of unbranched alkanes of at least 4 members (excludes halogenated alkanes) is 9. The maximum Gasteiger partial charge on any atom is 0.306 e. The molecule has 1 atom stereocenters. The number of hydrogen-bond acceptors (Lipinski definition) is 6. The zero-order valence-corrected chi connectivity index (χ0v) is 42.8. The maximum absolute atomic E-state index is 12.8. The molecule has 0 aromatic carbocycles. The molecule has 0 aromatic rings. The van der Waals surface area contributed by atoms with Crippen molar-refractivity contribution in [3.8, 4) is 0 Å². The highest BCUT2D eigenvalue weighted by molar-refractivity contribution is 5.71. The predicted molar refractivity (Wildman–Crippen MR) is 292 cm³/mol. The van der Waals surface area contributed by atoms with Crippen molar-refractivity contribution < 1.29 is 28.6 Å². The van der Waals surface area contributed by atoms with Crippen LogP contribution in [0.2, 0.25) is 0 Å². The first kappa shape index (κ1) is 62.8. The first-order valence-electron chi connectivity index (χ1n) is 26.2. The summed E-state index contributed by atoms with van der Waals surface area (Å²) in [7, 11) is 0. The Morgan fingerprint density at radius 2 is 0.603 bits per heavy atom. The Kier molecular flexibility index (Phi) is 50.2. The zero-order chi connectivity index (χ0) is 49.3. The third kappa shape index (κ3) is 51.7. The molecule has 1 unspecified atom stereocenters. The van der Waals surface area contributed by atoms with Gasteiger partial charge < -0.3 is 14.2 Å². The van der Waals surface area contributed by atoms with E-state index in [0.717, 1.165) is 128 Å². The molecule has 0 fully saturated rings. The van der Waals surface area contributed by atoms with Gasteiger partial charge in [-0.05, 0) is 122 Å². The number of carbonyl (C=O) groups is 3. The van der Waals surface area contributed by atoms with E-state index in [2.05, 4.69) is 142 Å². The molecule has 6 heteroatoms. The van der Waals surface area contributed by atoms with E-state index >= 15 is 0 Å². The number of carbonyl (C=O) groups excluding carboxylic acids is 3. The van der Waals surface area contributed by atoms with E-state index in [4.69, 9.17) is 14.2 Å². The Labute approximate surface area is 415 Å². The highest BCUT2D eigenvalue weighted by Crippen LogP contribution is 2.11. The van der Waals surface area contributed by atoms with Crippen LogP contribution in [-0.4, -0.2) is 37.2 Å². The summed E-state index contributed by atoms with van der Waals surface area (Å²) in [5.74, 6) is -1.05. The highest BCUT2D eigenvalue weighted by atomic mass is 16.6. The second kappa shape index (κ2) is 54.4. The Bertz CT molecular complexity index is 1640. The number of hydrogen-bond donors (Lipinski definition) is 0. The molecule has 0 aromatic heterocycles. The standard InChI is InChI=1S/C62H92O6/c1-4-7-10-13-16-19-22-25-28-30-31-32-35-37-40-43-46-49-52-55-61(64)67-58-59(57-66-60(63)54-51-48-45-42-39-36-33-27-24-21-18-15-12-9-6-3)68-62(65)56-53-50-47-44-41-38-34-29-26-23-20-17-14-11-8-5-2/h7-12,15-21,24-29,31-33,36-41,59H,4-6,13-14,22-23,30,34-35,42-58H2,1-3H3/b10-7-,11-8-,12-9-,18-15-,19-16-,20-17-,24-21-,28-25-,29-26-,32-31-,33-27-,39-36-,40-37-,41-38-. The predicted octanol–water partition coefficient (Wildman–Crippen LogP) is 17.6. The summed E-state index contributed by atoms with van der Waals surface area (Å²) in [5, 5.41) is 0. The molecule has 0 radical (unpaired) electrons. The molecule has 6 nitrogen and oxygen atoms in total. The molecule has 0 heterocycles. The van der Waals surface area contributed by atoms with Gasteiger partial charge in [0, 0.05) is 19.3 Å². The van der Waals surface area contributed by atoms with Gasteiger partial charge in [0.25, 0.3) is 0 Å². The van der Waals surface area contributed by atoms with Crippen molar-refractivity contribution in [3.63, 3.8) is 0 Å². The minimum Gasteiger partial charge on any atom is -0.462 e. The molecular formula is C62H92O6. The van der Waals surface area contributed by atoms with Crippen LogP contribution in [0.25, 0.3) is 0 Å². The van der Waals surface area contributed by atoms with Gasteiger partial charge in [-0.15, -0.1) is 0 Å². The van der Waals surface area contributed by atoms with Crippen molar-refractivity contribution in [2.45, 2.75) is 187 Å². The van der Waals surface area contributed by atoms with Gasteiger partial charge in [-0.1, -0.05) is 210 Å². The minimum atomic E-state index is -0.836. The normalized spacial score (nSPS) is 13.5. The van der Waals surface area contributed by atoms with Crippen molar-refractivity contribution in [2.75, 3.05) is 13.2 Å². The van der Waals surface area contributed by atoms with Gasteiger partial charge in [-0.25, -0.2) is 0 Å². The molecule has 0 N–H and O–H groups in total. The molecule has 0 saturated heterocycles. The quantitative estimate of drug-likeness (QED) is 0.0199. The summed E-state index contributed by atoms with van der Waals surface area (Å²) in [6, 6.07) is 0. The van der Waals surface area contributed by atoms with Gasteiger partial charge >= 0.3 is 17.9 Å². The maximum atomic E-state index is 12.8. The molecule has 0 bridgehead atoms. The first-order valence-corrected chi connectivity index (χ1v) is 26.2. The molecule has 0 spiro atoms. The molecule has 0 saturated carbocycles. The van der Waals surface area contributed by atoms with Crippen molar-refractivity contribution in [1.82, 2.24) is 0 Å². The Morgan fingerprint density at radius 1 is 0.309 bits per heavy atom. The summed E-state index contributed by atoms with van der Waals surface area (Å²) in [4.78, 5) is 38.0. The van der Waals surface area contributed by atoms with Gasteiger partial charge in [0.2, 0.25) is 0 Å². The molecule has 0 amide bonds. The summed E-state index contributed by atoms with van der Waals surface area (Å²) in [6.07, 6.45) is 80.5. The lowest BCUT2D eigenvalue weighted by Crippen LogP contribution is -2.30. The lowest BCUT2D eigenvalue weighted by molar-refractivity contribution is -0.167. The number of esters is 3. The van der Waals surface area contributed by atoms with Crippen molar-refractivity contribution in [2.24, 2.45) is 0 Å². The van der Waals surface area contributed by atoms with E-state index in [1.54, 1.807) is 0 Å². The van der Waals surface area contributed by atoms with E-state index < -0.39 is 6.10 Å². The number of rotatable bonds is 44. The summed E-state index contributed by atoms with van der Waals surface area (Å²) < 4.78 is 16.7. The molecule has 0 aliphatic carbocycles. The van der Waals surface area contributed by atoms with E-state index in [1.807, 2.05) is 48.6 Å². The third-order valence-electron chi connectivity index (χ3n) is 10.1. The van der Waals surface area contributed by atoms with Crippen LogP contribution in [0.15, 0.2) is 170 Å². The molecule has 0 aliphatic heterocycles. The Morgan fingerprint density at radius 3 is 0.971 bits per heavy atom. The monoisotopic (exact) mass is 933 g/mol. The largest absolute Gasteiger partial charge is 0.462 e. The van der Waals surface area contributed by atoms with Crippen LogP contribution in [-0.2, 0) is 28.6 Å². The smallest absolute Gasteiger partial charge is 0.306 e. The topological polar surface area (TPSA) is 78.9 Å². The second-order valence-corrected chi connectivity index (χ2v) is 16.4. The van der Waals surface area contributed by atoms with Crippen LogP contribution in [0.5, 0.6) is 0 Å². The van der Waals surface area contributed by atoms with E-state index in [1.165, 1.54) is 0 Å². The van der Waals surface area contributed by atoms with Gasteiger partial charge in [0.1, 0.15) is 13.2 Å². The fraction of sp³-hybridized carbons (Fsp3) is 0.500. The fourth-order valence-corrected chi connectivity index (χ4v) is 6.24. The second-order valence-electron chi connectivity index (χ2n) is 16.4. The van der Waals surface area contributed by atoms with Gasteiger partial charge in [0.05, 0.1) is 0 Å². The van der Waals surface area contributed by atoms with Crippen molar-refractivity contribution >= 4 is 17.9 Å². The SMILES string of the molecule is CC\C=C/C=C\C=C/C=C\C=C/CCCCCC(=O)OCC(COC(=O)CCCCC/C=C\C/C=C\C/C=C\C/C=C\C/C=C\CC)OC(=O)CCCCC/C=C\C/C=C\C/C=C\C/C=C\CC. The summed E-state index contributed by atoms with van der Waals surface area (Å²) in [5.41, 5.74) is 0. The van der Waals surface area contributed by atoms with Gasteiger partial charge in [0.15, 0.2) is 6.10 Å². The van der Waals surface area contributed by atoms with E-state index in [0.29, 0.717) is 19.3 Å². The third-order valence-corrected chi connectivity index (χ3v) is 10.1. The number of ether oxygens (including phenoxy) is 3. The molecule has 68 heavy (non-hydrogen) atoms. The summed E-state index contributed by atoms with van der Waals surface area (Å²) in [6.45, 7) is 6.14. The molecule has 376 valence electrons. The van der Waals surface area contributed by atoms with Crippen LogP contribution in [0.4, 0.5) is 0 Å². The molecule has 0 aliphatic rings. The highest BCUT2D eigenvalue weighted by Gasteiger charge is 2.19. The Hall–Kier alpha value is -5.23. The molecule has 0 rings (SSSR count). The van der Waals surface area contributed by atoms with Crippen LogP contribution in [0.3, 0.4) is 0 Å². The van der Waals surface area contributed by atoms with Gasteiger partial charge in [-0.3, -0.25) is 14.4 Å². The first-order chi connectivity index (χ1) is 33.5.